The van der Waals surface area contributed by atoms with E-state index in [9.17, 15) is 14.4 Å². The van der Waals surface area contributed by atoms with Gasteiger partial charge in [0.1, 0.15) is 17.7 Å². The Morgan fingerprint density at radius 3 is 2.22 bits per heavy atom. The summed E-state index contributed by atoms with van der Waals surface area (Å²) in [6.45, 7) is 15.5. The minimum absolute atomic E-state index is 0.0635. The van der Waals surface area contributed by atoms with Gasteiger partial charge in [0.25, 0.3) is 0 Å². The molecule has 2 N–H and O–H groups in total. The molecule has 0 aliphatic carbocycles. The summed E-state index contributed by atoms with van der Waals surface area (Å²) in [6, 6.07) is 5.34. The molecule has 0 bridgehead atoms. The number of alkyl carbamates (subject to hydrolysis) is 1. The van der Waals surface area contributed by atoms with Crippen LogP contribution in [0.3, 0.4) is 0 Å². The van der Waals surface area contributed by atoms with Gasteiger partial charge in [-0.2, -0.15) is 0 Å². The zero-order valence-electron chi connectivity index (χ0n) is 24.0. The Morgan fingerprint density at radius 2 is 1.68 bits per heavy atom. The molecule has 206 valence electrons. The van der Waals surface area contributed by atoms with Gasteiger partial charge in [0.15, 0.2) is 0 Å². The molecule has 0 radical (unpaired) electrons. The molecule has 0 fully saturated rings. The molecule has 0 saturated heterocycles. The van der Waals surface area contributed by atoms with E-state index in [-0.39, 0.29) is 23.8 Å². The number of rotatable bonds is 13. The van der Waals surface area contributed by atoms with Gasteiger partial charge < -0.3 is 20.3 Å². The first-order valence-electron chi connectivity index (χ1n) is 13.5. The van der Waals surface area contributed by atoms with Crippen molar-refractivity contribution in [3.05, 3.63) is 35.4 Å². The Morgan fingerprint density at radius 1 is 1.03 bits per heavy atom. The minimum Gasteiger partial charge on any atom is -0.444 e. The van der Waals surface area contributed by atoms with Crippen molar-refractivity contribution < 1.29 is 19.1 Å². The molecular formula is C30H47N3O4. The highest BCUT2D eigenvalue weighted by Crippen LogP contribution is 2.27. The van der Waals surface area contributed by atoms with Gasteiger partial charge in [0.2, 0.25) is 11.8 Å². The fourth-order valence-electron chi connectivity index (χ4n) is 4.17. The Hall–Kier alpha value is -3.01. The highest BCUT2D eigenvalue weighted by Gasteiger charge is 2.38. The second kappa shape index (κ2) is 15.3. The highest BCUT2D eigenvalue weighted by molar-refractivity contribution is 5.92. The van der Waals surface area contributed by atoms with E-state index in [2.05, 4.69) is 30.4 Å². The number of nitrogens with one attached hydrogen (secondary N) is 2. The summed E-state index contributed by atoms with van der Waals surface area (Å²) in [6.07, 6.45) is 9.43. The summed E-state index contributed by atoms with van der Waals surface area (Å²) in [7, 11) is 0. The lowest BCUT2D eigenvalue weighted by atomic mass is 9.95. The molecule has 7 heteroatoms. The van der Waals surface area contributed by atoms with E-state index >= 15 is 0 Å². The van der Waals surface area contributed by atoms with Crippen molar-refractivity contribution in [2.75, 3.05) is 6.54 Å². The number of ether oxygens (including phenoxy) is 1. The van der Waals surface area contributed by atoms with Crippen LogP contribution in [0.5, 0.6) is 0 Å². The van der Waals surface area contributed by atoms with Crippen LogP contribution < -0.4 is 10.6 Å². The second-order valence-corrected chi connectivity index (χ2v) is 10.9. The molecule has 3 unspecified atom stereocenters. The standard InChI is InChI=1S/C30H47N3O4/c1-10-13-16-20-33(28(35)25(21(4)5)32-29(36)37-30(7,8)9)26(27(34)31-22(6)17-11-2)24-19-15-14-18-23(24)12-3/h3,14-15,18-19,21-22,25-26H,10-11,13,16-17,20H2,1-2,4-9H3,(H,31,34)(H,32,36). The van der Waals surface area contributed by atoms with Crippen LogP contribution in [0.25, 0.3) is 0 Å². The maximum Gasteiger partial charge on any atom is 0.408 e. The van der Waals surface area contributed by atoms with Crippen molar-refractivity contribution in [3.8, 4) is 12.3 Å². The van der Waals surface area contributed by atoms with E-state index in [1.54, 1.807) is 37.8 Å². The maximum atomic E-state index is 14.1. The number of benzene rings is 1. The Bertz CT molecular complexity index is 929. The molecule has 0 heterocycles. The molecule has 0 spiro atoms. The first-order valence-corrected chi connectivity index (χ1v) is 13.5. The van der Waals surface area contributed by atoms with E-state index < -0.39 is 23.8 Å². The molecular weight excluding hydrogens is 466 g/mol. The molecule has 0 aromatic heterocycles. The van der Waals surface area contributed by atoms with E-state index in [0.717, 1.165) is 25.7 Å². The number of hydrogen-bond donors (Lipinski definition) is 2. The van der Waals surface area contributed by atoms with Crippen LogP contribution in [-0.4, -0.2) is 47.0 Å². The molecule has 3 atom stereocenters. The zero-order chi connectivity index (χ0) is 28.2. The number of nitrogens with zero attached hydrogens (tertiary/aromatic N) is 1. The van der Waals surface area contributed by atoms with Gasteiger partial charge in [-0.3, -0.25) is 9.59 Å². The van der Waals surface area contributed by atoms with Crippen molar-refractivity contribution in [1.29, 1.82) is 0 Å². The lowest BCUT2D eigenvalue weighted by Crippen LogP contribution is -2.55. The average Bonchev–Trinajstić information content (AvgIpc) is 2.80. The third-order valence-corrected chi connectivity index (χ3v) is 5.97. The number of terminal acetylenes is 1. The van der Waals surface area contributed by atoms with Crippen LogP contribution in [0.2, 0.25) is 0 Å². The molecule has 7 nitrogen and oxygen atoms in total. The third-order valence-electron chi connectivity index (χ3n) is 5.97. The van der Waals surface area contributed by atoms with Crippen molar-refractivity contribution >= 4 is 17.9 Å². The van der Waals surface area contributed by atoms with Crippen molar-refractivity contribution in [3.63, 3.8) is 0 Å². The first-order chi connectivity index (χ1) is 17.4. The van der Waals surface area contributed by atoms with Gasteiger partial charge >= 0.3 is 6.09 Å². The van der Waals surface area contributed by atoms with Gasteiger partial charge in [-0.1, -0.05) is 71.1 Å². The molecule has 1 aromatic rings. The SMILES string of the molecule is C#Cc1ccccc1C(C(=O)NC(C)CCC)N(CCCCC)C(=O)C(NC(=O)OC(C)(C)C)C(C)C. The van der Waals surface area contributed by atoms with Crippen LogP contribution in [0.15, 0.2) is 24.3 Å². The number of unbranched alkanes of at least 4 members (excludes halogenated alkanes) is 2. The van der Waals surface area contributed by atoms with Crippen molar-refractivity contribution in [2.45, 2.75) is 111 Å². The zero-order valence-corrected chi connectivity index (χ0v) is 24.0. The van der Waals surface area contributed by atoms with Crippen LogP contribution >= 0.6 is 0 Å². The highest BCUT2D eigenvalue weighted by atomic mass is 16.6. The number of amides is 3. The first kappa shape index (κ1) is 32.0. The molecule has 3 amide bonds. The van der Waals surface area contributed by atoms with Crippen molar-refractivity contribution in [2.24, 2.45) is 5.92 Å². The fraction of sp³-hybridized carbons (Fsp3) is 0.633. The molecule has 0 aliphatic heterocycles. The van der Waals surface area contributed by atoms with Crippen LogP contribution in [-0.2, 0) is 14.3 Å². The predicted octanol–water partition coefficient (Wildman–Crippen LogP) is 5.58. The molecule has 0 aliphatic rings. The Kier molecular flexibility index (Phi) is 13.2. The summed E-state index contributed by atoms with van der Waals surface area (Å²) >= 11 is 0. The molecule has 37 heavy (non-hydrogen) atoms. The van der Waals surface area contributed by atoms with E-state index in [1.165, 1.54) is 0 Å². The smallest absolute Gasteiger partial charge is 0.408 e. The number of carbonyl (C=O) groups is 3. The fourth-order valence-corrected chi connectivity index (χ4v) is 4.17. The quantitative estimate of drug-likeness (QED) is 0.266. The molecule has 1 rings (SSSR count). The summed E-state index contributed by atoms with van der Waals surface area (Å²) < 4.78 is 5.43. The summed E-state index contributed by atoms with van der Waals surface area (Å²) in [4.78, 5) is 42.2. The van der Waals surface area contributed by atoms with Gasteiger partial charge in [0.05, 0.1) is 0 Å². The Labute approximate surface area is 224 Å². The molecule has 0 saturated carbocycles. The minimum atomic E-state index is -0.933. The van der Waals surface area contributed by atoms with Crippen LogP contribution in [0, 0.1) is 18.3 Å². The van der Waals surface area contributed by atoms with Gasteiger partial charge in [-0.05, 0) is 58.1 Å². The topological polar surface area (TPSA) is 87.7 Å². The van der Waals surface area contributed by atoms with E-state index in [0.29, 0.717) is 24.1 Å². The normalized spacial score (nSPS) is 13.7. The lowest BCUT2D eigenvalue weighted by Gasteiger charge is -2.36. The van der Waals surface area contributed by atoms with Crippen LogP contribution in [0.4, 0.5) is 4.79 Å². The van der Waals surface area contributed by atoms with E-state index in [1.807, 2.05) is 32.9 Å². The summed E-state index contributed by atoms with van der Waals surface area (Å²) in [5.41, 5.74) is 0.440. The summed E-state index contributed by atoms with van der Waals surface area (Å²) in [5.74, 6) is 1.81. The maximum absolute atomic E-state index is 14.1. The van der Waals surface area contributed by atoms with E-state index in [4.69, 9.17) is 11.2 Å². The molecule has 1 aromatic carbocycles. The monoisotopic (exact) mass is 513 g/mol. The second-order valence-electron chi connectivity index (χ2n) is 10.9. The van der Waals surface area contributed by atoms with Gasteiger partial charge in [-0.25, -0.2) is 4.79 Å². The third kappa shape index (κ3) is 10.5. The number of carbonyl (C=O) groups excluding carboxylic acids is 3. The average molecular weight is 514 g/mol. The van der Waals surface area contributed by atoms with Crippen LogP contribution in [0.1, 0.15) is 105 Å². The Balaban J connectivity index is 3.56. The van der Waals surface area contributed by atoms with Gasteiger partial charge in [-0.15, -0.1) is 6.42 Å². The predicted molar refractivity (Wildman–Crippen MR) is 149 cm³/mol. The van der Waals surface area contributed by atoms with Gasteiger partial charge in [0, 0.05) is 18.2 Å². The summed E-state index contributed by atoms with van der Waals surface area (Å²) in [5, 5.41) is 5.84. The lowest BCUT2D eigenvalue weighted by molar-refractivity contribution is -0.143. The largest absolute Gasteiger partial charge is 0.444 e. The van der Waals surface area contributed by atoms with Crippen molar-refractivity contribution in [1.82, 2.24) is 15.5 Å². The number of hydrogen-bond acceptors (Lipinski definition) is 4.